The first-order valence-corrected chi connectivity index (χ1v) is 9.80. The Bertz CT molecular complexity index is 843. The van der Waals surface area contributed by atoms with Crippen LogP contribution in [0.1, 0.15) is 38.1 Å². The van der Waals surface area contributed by atoms with Crippen molar-refractivity contribution in [2.75, 3.05) is 44.5 Å². The van der Waals surface area contributed by atoms with Crippen LogP contribution in [0.4, 0.5) is 10.7 Å². The van der Waals surface area contributed by atoms with Crippen molar-refractivity contribution in [1.29, 1.82) is 0 Å². The first kappa shape index (κ1) is 19.4. The molecule has 7 heteroatoms. The summed E-state index contributed by atoms with van der Waals surface area (Å²) in [4.78, 5) is 30.5. The van der Waals surface area contributed by atoms with E-state index in [1.807, 2.05) is 31.1 Å². The van der Waals surface area contributed by atoms with Crippen molar-refractivity contribution in [1.82, 2.24) is 4.90 Å². The van der Waals surface area contributed by atoms with E-state index in [0.29, 0.717) is 16.1 Å². The summed E-state index contributed by atoms with van der Waals surface area (Å²) in [5.41, 5.74) is 3.09. The average Bonchev–Trinajstić information content (AvgIpc) is 3.04. The number of likely N-dealkylation sites (N-methyl/N-ethyl adjacent to an activating group) is 1. The molecule has 1 aliphatic heterocycles. The molecule has 1 aliphatic rings. The fraction of sp³-hybridized carbons (Fsp3) is 0.400. The molecular formula is C20H25N3O3S. The number of thiophene rings is 1. The number of esters is 1. The topological polar surface area (TPSA) is 61.9 Å². The molecule has 0 atom stereocenters. The standard InChI is InChI=1S/C20H25N3O3S/c1-5-23-11-10-15-16(12-23)27-19(17(15)20(25)26-4)21-18(24)13-6-8-14(9-7-13)22(2)3/h6-9H,5,10-12H2,1-4H3,(H,21,24). The molecule has 0 radical (unpaired) electrons. The second-order valence-electron chi connectivity index (χ2n) is 6.71. The van der Waals surface area contributed by atoms with E-state index in [2.05, 4.69) is 17.1 Å². The van der Waals surface area contributed by atoms with Crippen LogP contribution in [0.5, 0.6) is 0 Å². The lowest BCUT2D eigenvalue weighted by Crippen LogP contribution is -2.29. The normalized spacial score (nSPS) is 13.8. The van der Waals surface area contributed by atoms with Gasteiger partial charge in [-0.25, -0.2) is 4.79 Å². The van der Waals surface area contributed by atoms with Crippen LogP contribution >= 0.6 is 11.3 Å². The molecule has 0 aliphatic carbocycles. The number of ether oxygens (including phenoxy) is 1. The summed E-state index contributed by atoms with van der Waals surface area (Å²) in [6.45, 7) is 4.79. The second kappa shape index (κ2) is 8.10. The Morgan fingerprint density at radius 3 is 2.56 bits per heavy atom. The van der Waals surface area contributed by atoms with E-state index in [4.69, 9.17) is 4.74 Å². The molecule has 1 amide bonds. The third kappa shape index (κ3) is 3.99. The minimum absolute atomic E-state index is 0.226. The Hall–Kier alpha value is -2.38. The van der Waals surface area contributed by atoms with Gasteiger partial charge in [0.15, 0.2) is 0 Å². The van der Waals surface area contributed by atoms with Gasteiger partial charge in [0.1, 0.15) is 5.00 Å². The molecule has 2 aromatic rings. The van der Waals surface area contributed by atoms with Crippen molar-refractivity contribution in [3.63, 3.8) is 0 Å². The number of carbonyl (C=O) groups is 2. The van der Waals surface area contributed by atoms with Gasteiger partial charge in [-0.15, -0.1) is 11.3 Å². The lowest BCUT2D eigenvalue weighted by atomic mass is 10.0. The molecule has 0 saturated heterocycles. The van der Waals surface area contributed by atoms with Crippen molar-refractivity contribution in [3.8, 4) is 0 Å². The van der Waals surface area contributed by atoms with E-state index in [-0.39, 0.29) is 5.91 Å². The molecule has 1 aromatic heterocycles. The highest BCUT2D eigenvalue weighted by atomic mass is 32.1. The van der Waals surface area contributed by atoms with Gasteiger partial charge < -0.3 is 15.0 Å². The monoisotopic (exact) mass is 387 g/mol. The summed E-state index contributed by atoms with van der Waals surface area (Å²) in [5.74, 6) is -0.618. The molecule has 0 saturated carbocycles. The minimum atomic E-state index is -0.393. The summed E-state index contributed by atoms with van der Waals surface area (Å²) >= 11 is 1.47. The largest absolute Gasteiger partial charge is 0.465 e. The molecular weight excluding hydrogens is 362 g/mol. The fourth-order valence-electron chi connectivity index (χ4n) is 3.22. The number of hydrogen-bond acceptors (Lipinski definition) is 6. The first-order valence-electron chi connectivity index (χ1n) is 8.98. The molecule has 0 bridgehead atoms. The Balaban J connectivity index is 1.88. The average molecular weight is 388 g/mol. The van der Waals surface area contributed by atoms with Crippen molar-refractivity contribution >= 4 is 33.9 Å². The summed E-state index contributed by atoms with van der Waals surface area (Å²) < 4.78 is 4.98. The summed E-state index contributed by atoms with van der Waals surface area (Å²) in [7, 11) is 5.28. The maximum Gasteiger partial charge on any atom is 0.341 e. The number of nitrogens with one attached hydrogen (secondary N) is 1. The van der Waals surface area contributed by atoms with Gasteiger partial charge in [-0.05, 0) is 42.8 Å². The zero-order valence-electron chi connectivity index (χ0n) is 16.2. The van der Waals surface area contributed by atoms with Crippen LogP contribution in [0.25, 0.3) is 0 Å². The number of nitrogens with zero attached hydrogens (tertiary/aromatic N) is 2. The van der Waals surface area contributed by atoms with Gasteiger partial charge in [0.05, 0.1) is 12.7 Å². The maximum absolute atomic E-state index is 12.7. The Morgan fingerprint density at radius 2 is 1.96 bits per heavy atom. The van der Waals surface area contributed by atoms with Gasteiger partial charge in [-0.1, -0.05) is 6.92 Å². The van der Waals surface area contributed by atoms with E-state index in [9.17, 15) is 9.59 Å². The number of amides is 1. The molecule has 0 fully saturated rings. The van der Waals surface area contributed by atoms with Crippen LogP contribution in [0.3, 0.4) is 0 Å². The number of methoxy groups -OCH3 is 1. The zero-order valence-corrected chi connectivity index (χ0v) is 17.0. The Kier molecular flexibility index (Phi) is 5.82. The minimum Gasteiger partial charge on any atom is -0.465 e. The lowest BCUT2D eigenvalue weighted by Gasteiger charge is -2.25. The third-order valence-electron chi connectivity index (χ3n) is 4.85. The first-order chi connectivity index (χ1) is 12.9. The predicted molar refractivity (Wildman–Crippen MR) is 109 cm³/mol. The molecule has 144 valence electrons. The van der Waals surface area contributed by atoms with E-state index in [0.717, 1.165) is 42.2 Å². The number of anilines is 2. The number of benzene rings is 1. The molecule has 1 aromatic carbocycles. The van der Waals surface area contributed by atoms with Gasteiger partial charge in [0.25, 0.3) is 5.91 Å². The van der Waals surface area contributed by atoms with Gasteiger partial charge >= 0.3 is 5.97 Å². The van der Waals surface area contributed by atoms with Crippen LogP contribution in [-0.4, -0.2) is 51.1 Å². The van der Waals surface area contributed by atoms with Crippen molar-refractivity contribution in [3.05, 3.63) is 45.8 Å². The number of fused-ring (bicyclic) bond motifs is 1. The van der Waals surface area contributed by atoms with Crippen LogP contribution in [0.15, 0.2) is 24.3 Å². The molecule has 1 N–H and O–H groups in total. The van der Waals surface area contributed by atoms with E-state index in [1.54, 1.807) is 12.1 Å². The van der Waals surface area contributed by atoms with Crippen LogP contribution in [0.2, 0.25) is 0 Å². The Morgan fingerprint density at radius 1 is 1.26 bits per heavy atom. The van der Waals surface area contributed by atoms with Gasteiger partial charge in [-0.2, -0.15) is 0 Å². The fourth-order valence-corrected chi connectivity index (χ4v) is 4.49. The summed E-state index contributed by atoms with van der Waals surface area (Å²) in [5, 5.41) is 3.50. The molecule has 6 nitrogen and oxygen atoms in total. The maximum atomic E-state index is 12.7. The molecule has 27 heavy (non-hydrogen) atoms. The molecule has 0 spiro atoms. The number of carbonyl (C=O) groups excluding carboxylic acids is 2. The number of hydrogen-bond donors (Lipinski definition) is 1. The predicted octanol–water partition coefficient (Wildman–Crippen LogP) is 3.23. The quantitative estimate of drug-likeness (QED) is 0.798. The van der Waals surface area contributed by atoms with Gasteiger partial charge in [0, 0.05) is 43.3 Å². The lowest BCUT2D eigenvalue weighted by molar-refractivity contribution is 0.0600. The van der Waals surface area contributed by atoms with Crippen molar-refractivity contribution in [2.45, 2.75) is 19.9 Å². The second-order valence-corrected chi connectivity index (χ2v) is 7.82. The highest BCUT2D eigenvalue weighted by Gasteiger charge is 2.29. The van der Waals surface area contributed by atoms with Crippen molar-refractivity contribution in [2.24, 2.45) is 0 Å². The SMILES string of the molecule is CCN1CCc2c(sc(NC(=O)c3ccc(N(C)C)cc3)c2C(=O)OC)C1. The summed E-state index contributed by atoms with van der Waals surface area (Å²) in [6.07, 6.45) is 0.789. The molecule has 0 unspecified atom stereocenters. The van der Waals surface area contributed by atoms with Crippen LogP contribution in [-0.2, 0) is 17.7 Å². The zero-order chi connectivity index (χ0) is 19.6. The summed E-state index contributed by atoms with van der Waals surface area (Å²) in [6, 6.07) is 7.37. The highest BCUT2D eigenvalue weighted by Crippen LogP contribution is 2.37. The van der Waals surface area contributed by atoms with Crippen LogP contribution < -0.4 is 10.2 Å². The highest BCUT2D eigenvalue weighted by molar-refractivity contribution is 7.17. The van der Waals surface area contributed by atoms with E-state index < -0.39 is 5.97 Å². The third-order valence-corrected chi connectivity index (χ3v) is 5.98. The number of rotatable bonds is 5. The van der Waals surface area contributed by atoms with Gasteiger partial charge in [0.2, 0.25) is 0 Å². The van der Waals surface area contributed by atoms with Gasteiger partial charge in [-0.3, -0.25) is 9.69 Å². The van der Waals surface area contributed by atoms with E-state index in [1.165, 1.54) is 18.4 Å². The van der Waals surface area contributed by atoms with Crippen LogP contribution in [0, 0.1) is 0 Å². The molecule has 2 heterocycles. The van der Waals surface area contributed by atoms with E-state index >= 15 is 0 Å². The molecule has 3 rings (SSSR count). The Labute approximate surface area is 163 Å². The van der Waals surface area contributed by atoms with Crippen molar-refractivity contribution < 1.29 is 14.3 Å². The smallest absolute Gasteiger partial charge is 0.341 e.